The first kappa shape index (κ1) is 24.6. The molecule has 0 saturated carbocycles. The van der Waals surface area contributed by atoms with E-state index >= 15 is 0 Å². The third kappa shape index (κ3) is 6.00. The molecule has 27 heavy (non-hydrogen) atoms. The summed E-state index contributed by atoms with van der Waals surface area (Å²) >= 11 is 0. The molecule has 1 aromatic carbocycles. The highest BCUT2D eigenvalue weighted by Crippen LogP contribution is 2.28. The lowest BCUT2D eigenvalue weighted by Crippen LogP contribution is -2.84. The van der Waals surface area contributed by atoms with Gasteiger partial charge in [-0.1, -0.05) is 84.7 Å². The van der Waals surface area contributed by atoms with Crippen molar-refractivity contribution in [1.29, 1.82) is 0 Å². The van der Waals surface area contributed by atoms with Gasteiger partial charge in [0.15, 0.2) is 0 Å². The molecule has 0 saturated heterocycles. The molecule has 156 valence electrons. The van der Waals surface area contributed by atoms with Crippen LogP contribution in [-0.4, -0.2) is 40.7 Å². The van der Waals surface area contributed by atoms with Gasteiger partial charge in [0.05, 0.1) is 0 Å². The van der Waals surface area contributed by atoms with Crippen molar-refractivity contribution in [1.82, 2.24) is 14.2 Å². The lowest BCUT2D eigenvalue weighted by atomic mass is 10.3. The molecule has 1 rings (SSSR count). The predicted molar refractivity (Wildman–Crippen MR) is 127 cm³/mol. The minimum absolute atomic E-state index is 1.11. The Morgan fingerprint density at radius 1 is 0.741 bits per heavy atom. The van der Waals surface area contributed by atoms with Gasteiger partial charge in [-0.3, -0.25) is 0 Å². The molecule has 0 aliphatic heterocycles. The van der Waals surface area contributed by atoms with E-state index in [1.807, 2.05) is 0 Å². The number of unbranched alkanes of at least 4 members (excludes halogenated alkanes) is 2. The van der Waals surface area contributed by atoms with Gasteiger partial charge in [0.1, 0.15) is 8.24 Å². The Labute approximate surface area is 171 Å². The summed E-state index contributed by atoms with van der Waals surface area (Å²) in [6, 6.07) is 15.3. The molecule has 5 heteroatoms. The predicted octanol–water partition coefficient (Wildman–Crippen LogP) is 4.94. The normalized spacial score (nSPS) is 12.7. The number of benzene rings is 1. The van der Waals surface area contributed by atoms with Crippen LogP contribution < -0.4 is 15.2 Å². The van der Waals surface area contributed by atoms with Crippen LogP contribution in [0.25, 0.3) is 0 Å². The van der Waals surface area contributed by atoms with Crippen molar-refractivity contribution >= 4 is 22.0 Å². The van der Waals surface area contributed by atoms with Gasteiger partial charge in [0, 0.05) is 0 Å². The third-order valence-corrected chi connectivity index (χ3v) is 17.9. The Bertz CT molecular complexity index is 473. The van der Waals surface area contributed by atoms with E-state index in [9.17, 15) is 0 Å². The monoisotopic (exact) mass is 407 g/mol. The third-order valence-electron chi connectivity index (χ3n) is 6.28. The standard InChI is InChI=1S/C22H45N3Si2/c1-7-13-20-23-27(24-21-14-8-2,22-18-16-15-17-19-22)25(9-3)26(10-4,11-5)12-6/h15-19,23-24H,7-14,20-21H2,1-6H3. The molecule has 0 aliphatic rings. The second-order valence-corrected chi connectivity index (χ2v) is 16.5. The van der Waals surface area contributed by atoms with Gasteiger partial charge >= 0.3 is 8.56 Å². The van der Waals surface area contributed by atoms with Crippen molar-refractivity contribution in [3.8, 4) is 0 Å². The topological polar surface area (TPSA) is 27.3 Å². The Hall–Kier alpha value is -0.466. The molecule has 0 fully saturated rings. The molecule has 0 atom stereocenters. The minimum Gasteiger partial charge on any atom is -0.317 e. The second-order valence-electron chi connectivity index (χ2n) is 7.67. The first-order chi connectivity index (χ1) is 13.1. The van der Waals surface area contributed by atoms with E-state index < -0.39 is 16.8 Å². The van der Waals surface area contributed by atoms with Crippen molar-refractivity contribution < 1.29 is 0 Å². The number of nitrogens with one attached hydrogen (secondary N) is 2. The summed E-state index contributed by atoms with van der Waals surface area (Å²) < 4.78 is 3.00. The highest BCUT2D eigenvalue weighted by molar-refractivity contribution is 6.96. The van der Waals surface area contributed by atoms with Gasteiger partial charge in [0.25, 0.3) is 0 Å². The van der Waals surface area contributed by atoms with Crippen molar-refractivity contribution in [2.45, 2.75) is 85.4 Å². The van der Waals surface area contributed by atoms with Crippen molar-refractivity contribution in [2.75, 3.05) is 19.6 Å². The summed E-state index contributed by atoms with van der Waals surface area (Å²) in [7, 11) is -3.69. The molecule has 0 bridgehead atoms. The van der Waals surface area contributed by atoms with Gasteiger partial charge in [0.2, 0.25) is 0 Å². The van der Waals surface area contributed by atoms with Crippen molar-refractivity contribution in [2.24, 2.45) is 0 Å². The number of nitrogens with zero attached hydrogens (tertiary/aromatic N) is 1. The van der Waals surface area contributed by atoms with Crippen LogP contribution >= 0.6 is 0 Å². The van der Waals surface area contributed by atoms with E-state index in [2.05, 4.69) is 86.1 Å². The van der Waals surface area contributed by atoms with Gasteiger partial charge in [-0.05, 0) is 55.8 Å². The summed E-state index contributed by atoms with van der Waals surface area (Å²) in [5, 5.41) is 1.51. The zero-order valence-corrected chi connectivity index (χ0v) is 20.9. The molecular weight excluding hydrogens is 362 g/mol. The maximum atomic E-state index is 4.16. The fourth-order valence-corrected chi connectivity index (χ4v) is 16.3. The van der Waals surface area contributed by atoms with Crippen LogP contribution in [0.2, 0.25) is 18.1 Å². The van der Waals surface area contributed by atoms with Gasteiger partial charge in [-0.25, -0.2) is 0 Å². The minimum atomic E-state index is -2.18. The molecule has 0 amide bonds. The highest BCUT2D eigenvalue weighted by atomic mass is 28.4. The Balaban J connectivity index is 3.48. The first-order valence-electron chi connectivity index (χ1n) is 11.4. The molecule has 0 aromatic heterocycles. The summed E-state index contributed by atoms with van der Waals surface area (Å²) in [4.78, 5) is 8.31. The summed E-state index contributed by atoms with van der Waals surface area (Å²) in [5.74, 6) is 0. The molecule has 0 unspecified atom stereocenters. The molecular formula is C22H45N3Si2. The summed E-state index contributed by atoms with van der Waals surface area (Å²) in [6.07, 6.45) is 4.97. The maximum Gasteiger partial charge on any atom is 0.311 e. The van der Waals surface area contributed by atoms with E-state index in [0.29, 0.717) is 0 Å². The van der Waals surface area contributed by atoms with Crippen molar-refractivity contribution in [3.63, 3.8) is 0 Å². The van der Waals surface area contributed by atoms with E-state index in [0.717, 1.165) is 19.6 Å². The van der Waals surface area contributed by atoms with Crippen LogP contribution in [0.4, 0.5) is 0 Å². The largest absolute Gasteiger partial charge is 0.317 e. The number of hydrogen-bond acceptors (Lipinski definition) is 3. The van der Waals surface area contributed by atoms with Gasteiger partial charge in [-0.15, -0.1) is 0 Å². The molecule has 1 aromatic rings. The van der Waals surface area contributed by atoms with Crippen LogP contribution in [0.15, 0.2) is 30.3 Å². The maximum absolute atomic E-state index is 4.16. The van der Waals surface area contributed by atoms with Crippen LogP contribution in [0.3, 0.4) is 0 Å². The van der Waals surface area contributed by atoms with Gasteiger partial charge in [-0.2, -0.15) is 0 Å². The highest BCUT2D eigenvalue weighted by Gasteiger charge is 2.50. The second kappa shape index (κ2) is 12.9. The Morgan fingerprint density at radius 3 is 1.59 bits per heavy atom. The fourth-order valence-electron chi connectivity index (χ4n) is 4.44. The lowest BCUT2D eigenvalue weighted by molar-refractivity contribution is 0.562. The first-order valence-corrected chi connectivity index (χ1v) is 16.0. The van der Waals surface area contributed by atoms with E-state index in [4.69, 9.17) is 0 Å². The molecule has 3 nitrogen and oxygen atoms in total. The Morgan fingerprint density at radius 2 is 1.22 bits per heavy atom. The lowest BCUT2D eigenvalue weighted by Gasteiger charge is -2.52. The fraction of sp³-hybridized carbons (Fsp3) is 0.727. The molecule has 2 N–H and O–H groups in total. The van der Waals surface area contributed by atoms with Crippen LogP contribution in [0.5, 0.6) is 0 Å². The molecule has 0 aliphatic carbocycles. The smallest absolute Gasteiger partial charge is 0.311 e. The molecule has 0 spiro atoms. The number of rotatable bonds is 15. The van der Waals surface area contributed by atoms with Gasteiger partial charge < -0.3 is 14.2 Å². The zero-order chi connectivity index (χ0) is 20.2. The van der Waals surface area contributed by atoms with Crippen LogP contribution in [0.1, 0.15) is 67.2 Å². The molecule has 0 radical (unpaired) electrons. The van der Waals surface area contributed by atoms with E-state index in [1.165, 1.54) is 49.0 Å². The number of hydrogen-bond donors (Lipinski definition) is 2. The average Bonchev–Trinajstić information content (AvgIpc) is 2.72. The summed E-state index contributed by atoms with van der Waals surface area (Å²) in [6.45, 7) is 17.6. The SMILES string of the molecule is CCCCN[Si](NCCCC)(c1ccccc1)N(CC)[Si](CC)(CC)CC. The summed E-state index contributed by atoms with van der Waals surface area (Å²) in [5.41, 5.74) is 0. The van der Waals surface area contributed by atoms with Crippen molar-refractivity contribution in [3.05, 3.63) is 30.3 Å². The Kier molecular flexibility index (Phi) is 11.7. The van der Waals surface area contributed by atoms with Crippen LogP contribution in [-0.2, 0) is 0 Å². The zero-order valence-electron chi connectivity index (χ0n) is 18.9. The van der Waals surface area contributed by atoms with Crippen LogP contribution in [0, 0.1) is 0 Å². The average molecular weight is 408 g/mol. The van der Waals surface area contributed by atoms with E-state index in [-0.39, 0.29) is 0 Å². The molecule has 0 heterocycles. The van der Waals surface area contributed by atoms with E-state index in [1.54, 1.807) is 0 Å². The quantitative estimate of drug-likeness (QED) is 0.318.